The van der Waals surface area contributed by atoms with Crippen molar-refractivity contribution in [2.45, 2.75) is 32.7 Å². The van der Waals surface area contributed by atoms with E-state index in [0.29, 0.717) is 10.8 Å². The number of nitrogens with one attached hydrogen (secondary N) is 1. The molecule has 1 aromatic rings. The summed E-state index contributed by atoms with van der Waals surface area (Å²) in [6, 6.07) is 7.20. The van der Waals surface area contributed by atoms with Crippen LogP contribution in [0.2, 0.25) is 5.02 Å². The van der Waals surface area contributed by atoms with Crippen LogP contribution in [0.4, 0.5) is 0 Å². The Bertz CT molecular complexity index is 368. The number of halogens is 1. The largest absolute Gasteiger partial charge is 0.484 e. The van der Waals surface area contributed by atoms with Gasteiger partial charge in [0.1, 0.15) is 5.75 Å². The van der Waals surface area contributed by atoms with Gasteiger partial charge in [-0.2, -0.15) is 0 Å². The summed E-state index contributed by atoms with van der Waals surface area (Å²) in [5.41, 5.74) is 0. The van der Waals surface area contributed by atoms with Crippen molar-refractivity contribution >= 4 is 17.5 Å². The number of hydrogen-bond acceptors (Lipinski definition) is 2. The second kappa shape index (κ2) is 7.17. The zero-order valence-electron chi connectivity index (χ0n) is 10.2. The Balaban J connectivity index is 2.33. The van der Waals surface area contributed by atoms with Gasteiger partial charge in [-0.05, 0) is 31.5 Å². The van der Waals surface area contributed by atoms with Crippen molar-refractivity contribution in [2.24, 2.45) is 0 Å². The maximum atomic E-state index is 11.5. The van der Waals surface area contributed by atoms with Gasteiger partial charge in [-0.15, -0.1) is 0 Å². The number of benzene rings is 1. The summed E-state index contributed by atoms with van der Waals surface area (Å²) >= 11 is 5.81. The molecule has 0 aliphatic carbocycles. The van der Waals surface area contributed by atoms with Crippen molar-refractivity contribution in [3.63, 3.8) is 0 Å². The number of carbonyl (C=O) groups excluding carboxylic acids is 1. The van der Waals surface area contributed by atoms with Crippen LogP contribution in [-0.2, 0) is 4.79 Å². The maximum absolute atomic E-state index is 11.5. The lowest BCUT2D eigenvalue weighted by Gasteiger charge is -2.13. The first-order valence-corrected chi connectivity index (χ1v) is 6.17. The van der Waals surface area contributed by atoms with Crippen molar-refractivity contribution in [1.29, 1.82) is 0 Å². The van der Waals surface area contributed by atoms with Gasteiger partial charge in [-0.25, -0.2) is 0 Å². The van der Waals surface area contributed by atoms with E-state index in [0.717, 1.165) is 12.8 Å². The number of hydrogen-bond donors (Lipinski definition) is 1. The van der Waals surface area contributed by atoms with E-state index in [2.05, 4.69) is 12.2 Å². The first kappa shape index (κ1) is 13.8. The molecule has 1 atom stereocenters. The Morgan fingerprint density at radius 3 is 2.94 bits per heavy atom. The second-order valence-electron chi connectivity index (χ2n) is 4.00. The van der Waals surface area contributed by atoms with Crippen LogP contribution in [0.1, 0.15) is 26.7 Å². The Hall–Kier alpha value is -1.22. The van der Waals surface area contributed by atoms with E-state index < -0.39 is 0 Å². The highest BCUT2D eigenvalue weighted by atomic mass is 35.5. The summed E-state index contributed by atoms with van der Waals surface area (Å²) in [4.78, 5) is 11.5. The van der Waals surface area contributed by atoms with Crippen LogP contribution in [0, 0.1) is 0 Å². The van der Waals surface area contributed by atoms with Crippen LogP contribution in [0.25, 0.3) is 0 Å². The maximum Gasteiger partial charge on any atom is 0.258 e. The second-order valence-corrected chi connectivity index (χ2v) is 4.44. The molecule has 0 fully saturated rings. The average molecular weight is 256 g/mol. The first-order chi connectivity index (χ1) is 8.11. The predicted octanol–water partition coefficient (Wildman–Crippen LogP) is 3.02. The normalized spacial score (nSPS) is 11.9. The van der Waals surface area contributed by atoms with Crippen LogP contribution in [0.3, 0.4) is 0 Å². The molecule has 4 heteroatoms. The van der Waals surface area contributed by atoms with Crippen LogP contribution < -0.4 is 10.1 Å². The lowest BCUT2D eigenvalue weighted by Crippen LogP contribution is -2.35. The standard InChI is InChI=1S/C13H18ClNO2/c1-3-5-10(2)15-13(16)9-17-12-7-4-6-11(14)8-12/h4,6-8,10H,3,5,9H2,1-2H3,(H,15,16)/t10-/m1/s1. The van der Waals surface area contributed by atoms with E-state index in [9.17, 15) is 4.79 Å². The van der Waals surface area contributed by atoms with E-state index >= 15 is 0 Å². The Labute approximate surface area is 107 Å². The number of amides is 1. The molecule has 0 unspecified atom stereocenters. The van der Waals surface area contributed by atoms with E-state index in [1.165, 1.54) is 0 Å². The third kappa shape index (κ3) is 5.59. The van der Waals surface area contributed by atoms with Gasteiger partial charge < -0.3 is 10.1 Å². The molecule has 1 rings (SSSR count). The van der Waals surface area contributed by atoms with Crippen LogP contribution >= 0.6 is 11.6 Å². The molecule has 1 N–H and O–H groups in total. The Morgan fingerprint density at radius 2 is 2.29 bits per heavy atom. The van der Waals surface area contributed by atoms with E-state index in [1.54, 1.807) is 24.3 Å². The first-order valence-electron chi connectivity index (χ1n) is 5.79. The smallest absolute Gasteiger partial charge is 0.258 e. The molecular formula is C13H18ClNO2. The molecule has 1 amide bonds. The lowest BCUT2D eigenvalue weighted by atomic mass is 10.2. The van der Waals surface area contributed by atoms with Crippen LogP contribution in [0.15, 0.2) is 24.3 Å². The lowest BCUT2D eigenvalue weighted by molar-refractivity contribution is -0.123. The van der Waals surface area contributed by atoms with Gasteiger partial charge in [0.25, 0.3) is 5.91 Å². The minimum atomic E-state index is -0.106. The Morgan fingerprint density at radius 1 is 1.53 bits per heavy atom. The summed E-state index contributed by atoms with van der Waals surface area (Å²) in [7, 11) is 0. The van der Waals surface area contributed by atoms with Gasteiger partial charge in [0.2, 0.25) is 0 Å². The average Bonchev–Trinajstić information content (AvgIpc) is 2.27. The fourth-order valence-electron chi connectivity index (χ4n) is 1.53. The zero-order valence-corrected chi connectivity index (χ0v) is 11.0. The summed E-state index contributed by atoms with van der Waals surface area (Å²) in [5.74, 6) is 0.502. The van der Waals surface area contributed by atoms with Gasteiger partial charge in [0.15, 0.2) is 6.61 Å². The summed E-state index contributed by atoms with van der Waals surface area (Å²) < 4.78 is 5.33. The molecule has 0 bridgehead atoms. The van der Waals surface area contributed by atoms with Gasteiger partial charge in [-0.3, -0.25) is 4.79 Å². The zero-order chi connectivity index (χ0) is 12.7. The highest BCUT2D eigenvalue weighted by molar-refractivity contribution is 6.30. The molecule has 3 nitrogen and oxygen atoms in total. The number of ether oxygens (including phenoxy) is 1. The van der Waals surface area contributed by atoms with Gasteiger partial charge in [0.05, 0.1) is 0 Å². The summed E-state index contributed by atoms with van der Waals surface area (Å²) in [5, 5.41) is 3.47. The topological polar surface area (TPSA) is 38.3 Å². The highest BCUT2D eigenvalue weighted by Crippen LogP contribution is 2.16. The molecule has 0 aliphatic heterocycles. The minimum Gasteiger partial charge on any atom is -0.484 e. The molecular weight excluding hydrogens is 238 g/mol. The number of rotatable bonds is 6. The molecule has 17 heavy (non-hydrogen) atoms. The van der Waals surface area contributed by atoms with E-state index in [4.69, 9.17) is 16.3 Å². The highest BCUT2D eigenvalue weighted by Gasteiger charge is 2.07. The van der Waals surface area contributed by atoms with Crippen molar-refractivity contribution in [3.8, 4) is 5.75 Å². The van der Waals surface area contributed by atoms with Crippen LogP contribution in [-0.4, -0.2) is 18.6 Å². The molecule has 0 aromatic heterocycles. The molecule has 0 heterocycles. The fraction of sp³-hybridized carbons (Fsp3) is 0.462. The molecule has 0 saturated carbocycles. The van der Waals surface area contributed by atoms with E-state index in [1.807, 2.05) is 6.92 Å². The Kier molecular flexibility index (Phi) is 5.84. The monoisotopic (exact) mass is 255 g/mol. The third-order valence-corrected chi connectivity index (χ3v) is 2.53. The molecule has 0 radical (unpaired) electrons. The minimum absolute atomic E-state index is 0.0222. The third-order valence-electron chi connectivity index (χ3n) is 2.30. The van der Waals surface area contributed by atoms with Crippen molar-refractivity contribution in [2.75, 3.05) is 6.61 Å². The van der Waals surface area contributed by atoms with E-state index in [-0.39, 0.29) is 18.6 Å². The van der Waals surface area contributed by atoms with Crippen LogP contribution in [0.5, 0.6) is 5.75 Å². The molecule has 0 spiro atoms. The fourth-order valence-corrected chi connectivity index (χ4v) is 1.71. The van der Waals surface area contributed by atoms with Gasteiger partial charge in [0, 0.05) is 11.1 Å². The van der Waals surface area contributed by atoms with Crippen molar-refractivity contribution < 1.29 is 9.53 Å². The number of carbonyl (C=O) groups is 1. The van der Waals surface area contributed by atoms with Gasteiger partial charge in [-0.1, -0.05) is 31.0 Å². The quantitative estimate of drug-likeness (QED) is 0.849. The van der Waals surface area contributed by atoms with Crippen molar-refractivity contribution in [3.05, 3.63) is 29.3 Å². The summed E-state index contributed by atoms with van der Waals surface area (Å²) in [6.07, 6.45) is 2.03. The molecule has 0 aliphatic rings. The molecule has 94 valence electrons. The van der Waals surface area contributed by atoms with Crippen molar-refractivity contribution in [1.82, 2.24) is 5.32 Å². The summed E-state index contributed by atoms with van der Waals surface area (Å²) in [6.45, 7) is 4.10. The van der Waals surface area contributed by atoms with Gasteiger partial charge >= 0.3 is 0 Å². The molecule has 1 aromatic carbocycles. The molecule has 0 saturated heterocycles. The SMILES string of the molecule is CCC[C@@H](C)NC(=O)COc1cccc(Cl)c1. The predicted molar refractivity (Wildman–Crippen MR) is 69.5 cm³/mol.